The van der Waals surface area contributed by atoms with E-state index in [0.29, 0.717) is 11.3 Å². The average Bonchev–Trinajstić information content (AvgIpc) is 2.76. The average molecular weight is 278 g/mol. The summed E-state index contributed by atoms with van der Waals surface area (Å²) in [6, 6.07) is 6.08. The summed E-state index contributed by atoms with van der Waals surface area (Å²) in [7, 11) is 0. The minimum atomic E-state index is -0.705. The standard InChI is InChI=1S/C15H19FN2O2/c1-4-18-13(7-10(2)17-18)9-20-15-8-12(16)5-6-14(15)11(3)19/h5-8,11,19H,4,9H2,1-3H3/t11-/m0/s1. The van der Waals surface area contributed by atoms with Crippen LogP contribution in [0.25, 0.3) is 0 Å². The van der Waals surface area contributed by atoms with E-state index in [2.05, 4.69) is 5.10 Å². The Labute approximate surface area is 117 Å². The fourth-order valence-electron chi connectivity index (χ4n) is 2.12. The highest BCUT2D eigenvalue weighted by Crippen LogP contribution is 2.26. The lowest BCUT2D eigenvalue weighted by atomic mass is 10.1. The Morgan fingerprint density at radius 2 is 2.15 bits per heavy atom. The molecule has 0 spiro atoms. The van der Waals surface area contributed by atoms with Gasteiger partial charge in [-0.1, -0.05) is 0 Å². The molecule has 2 aromatic rings. The topological polar surface area (TPSA) is 47.3 Å². The van der Waals surface area contributed by atoms with Gasteiger partial charge in [-0.15, -0.1) is 0 Å². The number of aliphatic hydroxyl groups excluding tert-OH is 1. The van der Waals surface area contributed by atoms with Crippen molar-refractivity contribution in [2.45, 2.75) is 40.0 Å². The Morgan fingerprint density at radius 1 is 1.40 bits per heavy atom. The molecule has 1 atom stereocenters. The van der Waals surface area contributed by atoms with Crippen molar-refractivity contribution in [2.24, 2.45) is 0 Å². The van der Waals surface area contributed by atoms with E-state index in [1.807, 2.05) is 24.6 Å². The molecule has 1 N–H and O–H groups in total. The normalized spacial score (nSPS) is 12.4. The summed E-state index contributed by atoms with van der Waals surface area (Å²) < 4.78 is 20.8. The summed E-state index contributed by atoms with van der Waals surface area (Å²) in [5.41, 5.74) is 2.41. The first-order chi connectivity index (χ1) is 9.51. The van der Waals surface area contributed by atoms with Crippen LogP contribution < -0.4 is 4.74 Å². The largest absolute Gasteiger partial charge is 0.487 e. The molecule has 0 unspecified atom stereocenters. The second kappa shape index (κ2) is 6.05. The number of hydrogen-bond donors (Lipinski definition) is 1. The second-order valence-corrected chi connectivity index (χ2v) is 4.74. The van der Waals surface area contributed by atoms with Gasteiger partial charge in [-0.2, -0.15) is 5.10 Å². The zero-order valence-electron chi connectivity index (χ0n) is 11.9. The van der Waals surface area contributed by atoms with Crippen LogP contribution in [0.5, 0.6) is 5.75 Å². The highest BCUT2D eigenvalue weighted by molar-refractivity contribution is 5.35. The van der Waals surface area contributed by atoms with E-state index in [4.69, 9.17) is 4.74 Å². The number of aliphatic hydroxyl groups is 1. The van der Waals surface area contributed by atoms with Crippen molar-refractivity contribution in [3.8, 4) is 5.75 Å². The molecule has 20 heavy (non-hydrogen) atoms. The number of ether oxygens (including phenoxy) is 1. The molecule has 1 heterocycles. The fraction of sp³-hybridized carbons (Fsp3) is 0.400. The number of aryl methyl sites for hydroxylation is 2. The smallest absolute Gasteiger partial charge is 0.130 e. The summed E-state index contributed by atoms with van der Waals surface area (Å²) in [6.45, 7) is 6.58. The summed E-state index contributed by atoms with van der Waals surface area (Å²) in [6.07, 6.45) is -0.705. The predicted octanol–water partition coefficient (Wildman–Crippen LogP) is 2.98. The molecule has 0 aliphatic rings. The van der Waals surface area contributed by atoms with Gasteiger partial charge in [0.05, 0.1) is 17.5 Å². The molecule has 0 aliphatic heterocycles. The van der Waals surface area contributed by atoms with Crippen LogP contribution in [-0.2, 0) is 13.2 Å². The molecule has 0 bridgehead atoms. The van der Waals surface area contributed by atoms with Gasteiger partial charge >= 0.3 is 0 Å². The molecular formula is C15H19FN2O2. The number of hydrogen-bond acceptors (Lipinski definition) is 3. The first-order valence-corrected chi connectivity index (χ1v) is 6.65. The molecule has 4 nitrogen and oxygen atoms in total. The maximum absolute atomic E-state index is 13.3. The van der Waals surface area contributed by atoms with Crippen LogP contribution in [0, 0.1) is 12.7 Å². The Morgan fingerprint density at radius 3 is 2.80 bits per heavy atom. The quantitative estimate of drug-likeness (QED) is 0.914. The van der Waals surface area contributed by atoms with Gasteiger partial charge in [0.15, 0.2) is 0 Å². The number of benzene rings is 1. The molecule has 0 saturated carbocycles. The van der Waals surface area contributed by atoms with E-state index in [0.717, 1.165) is 17.9 Å². The van der Waals surface area contributed by atoms with Crippen molar-refractivity contribution in [3.05, 3.63) is 47.0 Å². The zero-order chi connectivity index (χ0) is 14.7. The van der Waals surface area contributed by atoms with Gasteiger partial charge in [0.25, 0.3) is 0 Å². The van der Waals surface area contributed by atoms with E-state index in [1.54, 1.807) is 6.92 Å². The van der Waals surface area contributed by atoms with Crippen molar-refractivity contribution >= 4 is 0 Å². The van der Waals surface area contributed by atoms with Crippen molar-refractivity contribution in [1.82, 2.24) is 9.78 Å². The second-order valence-electron chi connectivity index (χ2n) is 4.74. The molecule has 0 fully saturated rings. The molecule has 108 valence electrons. The third-order valence-corrected chi connectivity index (χ3v) is 3.09. The van der Waals surface area contributed by atoms with Crippen molar-refractivity contribution in [3.63, 3.8) is 0 Å². The zero-order valence-corrected chi connectivity index (χ0v) is 11.9. The summed E-state index contributed by atoms with van der Waals surface area (Å²) in [5, 5.41) is 14.0. The van der Waals surface area contributed by atoms with Gasteiger partial charge in [-0.05, 0) is 39.0 Å². The highest BCUT2D eigenvalue weighted by Gasteiger charge is 2.12. The maximum Gasteiger partial charge on any atom is 0.130 e. The van der Waals surface area contributed by atoms with Crippen LogP contribution in [0.2, 0.25) is 0 Å². The molecule has 2 rings (SSSR count). The van der Waals surface area contributed by atoms with Crippen molar-refractivity contribution in [1.29, 1.82) is 0 Å². The molecular weight excluding hydrogens is 259 g/mol. The first kappa shape index (κ1) is 14.5. The minimum Gasteiger partial charge on any atom is -0.487 e. The van der Waals surface area contributed by atoms with Crippen LogP contribution in [-0.4, -0.2) is 14.9 Å². The minimum absolute atomic E-state index is 0.290. The van der Waals surface area contributed by atoms with Crippen LogP contribution >= 0.6 is 0 Å². The molecule has 0 saturated heterocycles. The SMILES string of the molecule is CCn1nc(C)cc1COc1cc(F)ccc1[C@H](C)O. The van der Waals surface area contributed by atoms with Gasteiger partial charge in [-0.25, -0.2) is 4.39 Å². The number of aromatic nitrogens is 2. The number of nitrogens with zero attached hydrogens (tertiary/aromatic N) is 2. The summed E-state index contributed by atoms with van der Waals surface area (Å²) in [4.78, 5) is 0. The predicted molar refractivity (Wildman–Crippen MR) is 74.0 cm³/mol. The Bertz CT molecular complexity index is 594. The Kier molecular flexibility index (Phi) is 4.39. The van der Waals surface area contributed by atoms with E-state index < -0.39 is 6.10 Å². The number of rotatable bonds is 5. The van der Waals surface area contributed by atoms with E-state index in [9.17, 15) is 9.50 Å². The summed E-state index contributed by atoms with van der Waals surface area (Å²) in [5.74, 6) is -0.0221. The van der Waals surface area contributed by atoms with Gasteiger partial charge < -0.3 is 9.84 Å². The van der Waals surface area contributed by atoms with Crippen molar-refractivity contribution < 1.29 is 14.2 Å². The van der Waals surface area contributed by atoms with Crippen molar-refractivity contribution in [2.75, 3.05) is 0 Å². The Balaban J connectivity index is 2.20. The van der Waals surface area contributed by atoms with Crippen LogP contribution in [0.1, 0.15) is 36.9 Å². The fourth-order valence-corrected chi connectivity index (χ4v) is 2.12. The van der Waals surface area contributed by atoms with Gasteiger partial charge in [0, 0.05) is 18.2 Å². The molecule has 1 aromatic heterocycles. The van der Waals surface area contributed by atoms with Gasteiger partial charge in [-0.3, -0.25) is 4.68 Å². The van der Waals surface area contributed by atoms with Crippen LogP contribution in [0.3, 0.4) is 0 Å². The third kappa shape index (κ3) is 3.17. The number of halogens is 1. The van der Waals surface area contributed by atoms with E-state index in [-0.39, 0.29) is 12.4 Å². The lowest BCUT2D eigenvalue weighted by Gasteiger charge is -2.14. The lowest BCUT2D eigenvalue weighted by Crippen LogP contribution is -2.07. The summed E-state index contributed by atoms with van der Waals surface area (Å²) >= 11 is 0. The Hall–Kier alpha value is -1.88. The molecule has 0 radical (unpaired) electrons. The maximum atomic E-state index is 13.3. The molecule has 0 aliphatic carbocycles. The molecule has 1 aromatic carbocycles. The highest BCUT2D eigenvalue weighted by atomic mass is 19.1. The van der Waals surface area contributed by atoms with Gasteiger partial charge in [0.1, 0.15) is 18.2 Å². The van der Waals surface area contributed by atoms with Crippen LogP contribution in [0.15, 0.2) is 24.3 Å². The lowest BCUT2D eigenvalue weighted by molar-refractivity contribution is 0.189. The molecule has 5 heteroatoms. The van der Waals surface area contributed by atoms with Gasteiger partial charge in [0.2, 0.25) is 0 Å². The van der Waals surface area contributed by atoms with Crippen LogP contribution in [0.4, 0.5) is 4.39 Å². The van der Waals surface area contributed by atoms with E-state index >= 15 is 0 Å². The third-order valence-electron chi connectivity index (χ3n) is 3.09. The molecule has 0 amide bonds. The monoisotopic (exact) mass is 278 g/mol. The van der Waals surface area contributed by atoms with E-state index in [1.165, 1.54) is 18.2 Å². The first-order valence-electron chi connectivity index (χ1n) is 6.65.